The Bertz CT molecular complexity index is 768. The SMILES string of the molecule is CC.CC.CCc1ccc2c(N(C)CCN(CC)C(=O)OC(C)C)nc(Cl)nc2c1. The Hall–Kier alpha value is -2.08. The molecule has 6 nitrogen and oxygen atoms in total. The number of aromatic nitrogens is 2. The summed E-state index contributed by atoms with van der Waals surface area (Å²) in [4.78, 5) is 24.5. The Labute approximate surface area is 187 Å². The molecule has 0 saturated heterocycles. The molecule has 1 heterocycles. The normalized spacial score (nSPS) is 9.97. The van der Waals surface area contributed by atoms with Crippen molar-refractivity contribution in [3.8, 4) is 0 Å². The van der Waals surface area contributed by atoms with Crippen molar-refractivity contribution in [2.45, 2.75) is 67.9 Å². The number of carbonyl (C=O) groups excluding carboxylic acids is 1. The quantitative estimate of drug-likeness (QED) is 0.481. The van der Waals surface area contributed by atoms with Crippen LogP contribution in [-0.4, -0.2) is 53.7 Å². The van der Waals surface area contributed by atoms with E-state index in [1.54, 1.807) is 4.90 Å². The molecule has 0 N–H and O–H groups in total. The number of aryl methyl sites for hydroxylation is 1. The monoisotopic (exact) mass is 438 g/mol. The molecule has 0 saturated carbocycles. The molecule has 0 aliphatic carbocycles. The van der Waals surface area contributed by atoms with Gasteiger partial charge < -0.3 is 14.5 Å². The lowest BCUT2D eigenvalue weighted by atomic mass is 10.1. The van der Waals surface area contributed by atoms with Crippen molar-refractivity contribution in [1.29, 1.82) is 0 Å². The van der Waals surface area contributed by atoms with Crippen LogP contribution in [0.5, 0.6) is 0 Å². The van der Waals surface area contributed by atoms with Crippen LogP contribution in [-0.2, 0) is 11.2 Å². The van der Waals surface area contributed by atoms with E-state index in [0.29, 0.717) is 19.6 Å². The molecular formula is C23H39ClN4O2. The van der Waals surface area contributed by atoms with Gasteiger partial charge in [-0.1, -0.05) is 40.7 Å². The highest BCUT2D eigenvalue weighted by Crippen LogP contribution is 2.25. The van der Waals surface area contributed by atoms with Gasteiger partial charge in [0, 0.05) is 32.1 Å². The van der Waals surface area contributed by atoms with Crippen molar-refractivity contribution in [3.63, 3.8) is 0 Å². The Balaban J connectivity index is 0.00000198. The number of likely N-dealkylation sites (N-methyl/N-ethyl adjacent to an activating group) is 2. The summed E-state index contributed by atoms with van der Waals surface area (Å²) < 4.78 is 5.28. The lowest BCUT2D eigenvalue weighted by Gasteiger charge is -2.26. The van der Waals surface area contributed by atoms with E-state index in [1.807, 2.05) is 72.5 Å². The second kappa shape index (κ2) is 14.8. The van der Waals surface area contributed by atoms with Gasteiger partial charge in [0.1, 0.15) is 5.82 Å². The highest BCUT2D eigenvalue weighted by atomic mass is 35.5. The zero-order valence-electron chi connectivity index (χ0n) is 20.1. The fourth-order valence-electron chi connectivity index (χ4n) is 2.67. The predicted molar refractivity (Wildman–Crippen MR) is 129 cm³/mol. The van der Waals surface area contributed by atoms with Crippen LogP contribution in [0, 0.1) is 0 Å². The van der Waals surface area contributed by atoms with Gasteiger partial charge in [-0.25, -0.2) is 9.78 Å². The number of ether oxygens (including phenoxy) is 1. The van der Waals surface area contributed by atoms with Crippen molar-refractivity contribution in [3.05, 3.63) is 29.0 Å². The molecule has 2 rings (SSSR count). The molecule has 1 aromatic carbocycles. The highest BCUT2D eigenvalue weighted by Gasteiger charge is 2.17. The van der Waals surface area contributed by atoms with Gasteiger partial charge in [0.15, 0.2) is 0 Å². The molecule has 30 heavy (non-hydrogen) atoms. The first kappa shape index (κ1) is 27.9. The molecule has 0 radical (unpaired) electrons. The number of hydrogen-bond acceptors (Lipinski definition) is 5. The fraction of sp³-hybridized carbons (Fsp3) is 0.609. The predicted octanol–water partition coefficient (Wildman–Crippen LogP) is 6.20. The van der Waals surface area contributed by atoms with E-state index in [9.17, 15) is 4.79 Å². The summed E-state index contributed by atoms with van der Waals surface area (Å²) in [5.74, 6) is 0.760. The zero-order chi connectivity index (χ0) is 23.3. The Kier molecular flexibility index (Phi) is 13.8. The topological polar surface area (TPSA) is 58.6 Å². The van der Waals surface area contributed by atoms with Crippen LogP contribution in [0.15, 0.2) is 18.2 Å². The van der Waals surface area contributed by atoms with Crippen molar-refractivity contribution in [2.24, 2.45) is 0 Å². The molecule has 0 fully saturated rings. The largest absolute Gasteiger partial charge is 0.447 e. The number of anilines is 1. The lowest BCUT2D eigenvalue weighted by Crippen LogP contribution is -2.39. The number of hydrogen-bond donors (Lipinski definition) is 0. The third-order valence-corrected chi connectivity index (χ3v) is 4.33. The fourth-order valence-corrected chi connectivity index (χ4v) is 2.84. The van der Waals surface area contributed by atoms with Crippen LogP contribution < -0.4 is 4.90 Å². The summed E-state index contributed by atoms with van der Waals surface area (Å²) in [6, 6.07) is 6.15. The molecule has 0 bridgehead atoms. The van der Waals surface area contributed by atoms with E-state index < -0.39 is 0 Å². The van der Waals surface area contributed by atoms with Crippen LogP contribution in [0.4, 0.5) is 10.6 Å². The number of fused-ring (bicyclic) bond motifs is 1. The zero-order valence-corrected chi connectivity index (χ0v) is 20.9. The molecule has 7 heteroatoms. The van der Waals surface area contributed by atoms with E-state index in [2.05, 4.69) is 23.0 Å². The Morgan fingerprint density at radius 3 is 2.27 bits per heavy atom. The first-order valence-electron chi connectivity index (χ1n) is 11.0. The minimum absolute atomic E-state index is 0.133. The molecule has 2 aromatic rings. The second-order valence-electron chi connectivity index (χ2n) is 6.46. The molecule has 0 aliphatic rings. The molecule has 170 valence electrons. The summed E-state index contributed by atoms with van der Waals surface area (Å²) in [5.41, 5.74) is 2.03. The minimum Gasteiger partial charge on any atom is -0.447 e. The van der Waals surface area contributed by atoms with Gasteiger partial charge in [0.2, 0.25) is 5.28 Å². The van der Waals surface area contributed by atoms with E-state index >= 15 is 0 Å². The first-order chi connectivity index (χ1) is 14.3. The van der Waals surface area contributed by atoms with Gasteiger partial charge >= 0.3 is 6.09 Å². The molecule has 0 unspecified atom stereocenters. The van der Waals surface area contributed by atoms with Crippen LogP contribution in [0.1, 0.15) is 61.0 Å². The Morgan fingerprint density at radius 2 is 1.73 bits per heavy atom. The number of amides is 1. The van der Waals surface area contributed by atoms with Crippen molar-refractivity contribution >= 4 is 34.4 Å². The van der Waals surface area contributed by atoms with Gasteiger partial charge in [-0.2, -0.15) is 4.98 Å². The van der Waals surface area contributed by atoms with Gasteiger partial charge in [-0.05, 0) is 56.5 Å². The molecule has 0 spiro atoms. The van der Waals surface area contributed by atoms with Gasteiger partial charge in [-0.15, -0.1) is 0 Å². The van der Waals surface area contributed by atoms with E-state index in [4.69, 9.17) is 16.3 Å². The van der Waals surface area contributed by atoms with Gasteiger partial charge in [0.05, 0.1) is 11.6 Å². The number of benzene rings is 1. The smallest absolute Gasteiger partial charge is 0.410 e. The van der Waals surface area contributed by atoms with Crippen LogP contribution >= 0.6 is 11.6 Å². The maximum atomic E-state index is 12.1. The summed E-state index contributed by atoms with van der Waals surface area (Å²) in [6.45, 7) is 17.5. The maximum Gasteiger partial charge on any atom is 0.410 e. The number of rotatable bonds is 7. The summed E-state index contributed by atoms with van der Waals surface area (Å²) >= 11 is 6.13. The van der Waals surface area contributed by atoms with Gasteiger partial charge in [0.25, 0.3) is 0 Å². The first-order valence-corrected chi connectivity index (χ1v) is 11.4. The highest BCUT2D eigenvalue weighted by molar-refractivity contribution is 6.28. The van der Waals surface area contributed by atoms with Crippen LogP contribution in [0.3, 0.4) is 0 Å². The molecule has 0 aliphatic heterocycles. The summed E-state index contributed by atoms with van der Waals surface area (Å²) in [6.07, 6.45) is 0.507. The molecule has 1 amide bonds. The van der Waals surface area contributed by atoms with Crippen LogP contribution in [0.25, 0.3) is 10.9 Å². The second-order valence-corrected chi connectivity index (χ2v) is 6.79. The number of carbonyl (C=O) groups is 1. The average Bonchev–Trinajstić information content (AvgIpc) is 2.75. The third-order valence-electron chi connectivity index (χ3n) is 4.17. The molecule has 1 aromatic heterocycles. The van der Waals surface area contributed by atoms with Crippen molar-refractivity contribution in [2.75, 3.05) is 31.6 Å². The minimum atomic E-state index is -0.297. The summed E-state index contributed by atoms with van der Waals surface area (Å²) in [7, 11) is 1.94. The van der Waals surface area contributed by atoms with E-state index in [0.717, 1.165) is 23.1 Å². The van der Waals surface area contributed by atoms with Crippen LogP contribution in [0.2, 0.25) is 5.28 Å². The standard InChI is InChI=1S/C19H27ClN4O2.2C2H6/c1-6-14-8-9-15-16(12-14)21-18(20)22-17(15)23(5)10-11-24(7-2)19(25)26-13(3)4;2*1-2/h8-9,12-13H,6-7,10-11H2,1-5H3;2*1-2H3. The number of halogens is 1. The van der Waals surface area contributed by atoms with Crippen molar-refractivity contribution in [1.82, 2.24) is 14.9 Å². The summed E-state index contributed by atoms with van der Waals surface area (Å²) in [5, 5.41) is 1.17. The lowest BCUT2D eigenvalue weighted by molar-refractivity contribution is 0.0791. The Morgan fingerprint density at radius 1 is 1.10 bits per heavy atom. The number of nitrogens with zero attached hydrogens (tertiary/aromatic N) is 4. The van der Waals surface area contributed by atoms with E-state index in [1.165, 1.54) is 5.56 Å². The van der Waals surface area contributed by atoms with Gasteiger partial charge in [-0.3, -0.25) is 0 Å². The van der Waals surface area contributed by atoms with Crippen molar-refractivity contribution < 1.29 is 9.53 Å². The molecule has 0 atom stereocenters. The third kappa shape index (κ3) is 8.34. The van der Waals surface area contributed by atoms with E-state index in [-0.39, 0.29) is 17.5 Å². The average molecular weight is 439 g/mol. The molecular weight excluding hydrogens is 400 g/mol. The maximum absolute atomic E-state index is 12.1.